The monoisotopic (exact) mass is 504 g/mol. The Balaban J connectivity index is 1.97. The van der Waals surface area contributed by atoms with Gasteiger partial charge in [-0.3, -0.25) is 4.79 Å². The second-order valence-electron chi connectivity index (χ2n) is 6.94. The lowest BCUT2D eigenvalue weighted by atomic mass is 10.1. The highest BCUT2D eigenvalue weighted by molar-refractivity contribution is 7.94. The molecular weight excluding hydrogens is 484 g/mol. The minimum Gasteiger partial charge on any atom is -0.330 e. The second kappa shape index (κ2) is 8.74. The van der Waals surface area contributed by atoms with Gasteiger partial charge in [0.15, 0.2) is 0 Å². The highest BCUT2D eigenvalue weighted by atomic mass is 32.3. The molecule has 0 radical (unpaired) electrons. The van der Waals surface area contributed by atoms with Crippen molar-refractivity contribution in [2.45, 2.75) is 28.0 Å². The predicted octanol–water partition coefficient (Wildman–Crippen LogP) is 0.941. The van der Waals surface area contributed by atoms with Gasteiger partial charge in [-0.1, -0.05) is 12.1 Å². The molecule has 0 saturated heterocycles. The van der Waals surface area contributed by atoms with Crippen molar-refractivity contribution in [3.8, 4) is 0 Å². The Morgan fingerprint density at radius 1 is 1.38 bits per heavy atom. The van der Waals surface area contributed by atoms with Gasteiger partial charge in [0, 0.05) is 31.3 Å². The van der Waals surface area contributed by atoms with Gasteiger partial charge >= 0.3 is 0 Å². The van der Waals surface area contributed by atoms with Crippen LogP contribution in [0.25, 0.3) is 0 Å². The number of nitrogens with zero attached hydrogens (tertiary/aromatic N) is 3. The third kappa shape index (κ3) is 4.61. The van der Waals surface area contributed by atoms with Crippen molar-refractivity contribution in [2.24, 2.45) is 5.14 Å². The minimum atomic E-state index is -4.14. The summed E-state index contributed by atoms with van der Waals surface area (Å²) in [6.07, 6.45) is 0. The summed E-state index contributed by atoms with van der Waals surface area (Å²) in [4.78, 5) is 29.3. The van der Waals surface area contributed by atoms with Crippen molar-refractivity contribution in [3.05, 3.63) is 57.1 Å². The van der Waals surface area contributed by atoms with Crippen LogP contribution >= 0.6 is 11.3 Å². The molecule has 15 heteroatoms. The van der Waals surface area contributed by atoms with Crippen molar-refractivity contribution in [3.63, 3.8) is 0 Å². The summed E-state index contributed by atoms with van der Waals surface area (Å²) in [5, 5.41) is 14.6. The van der Waals surface area contributed by atoms with Crippen LogP contribution in [0.3, 0.4) is 0 Å². The molecule has 174 valence electrons. The summed E-state index contributed by atoms with van der Waals surface area (Å²) in [6.45, 7) is 1.60. The molecule has 0 bridgehead atoms. The molecule has 1 aliphatic rings. The number of amides is 1. The molecule has 0 saturated carbocycles. The van der Waals surface area contributed by atoms with Crippen LogP contribution < -0.4 is 5.14 Å². The van der Waals surface area contributed by atoms with E-state index in [0.717, 1.165) is 4.31 Å². The smallest absolute Gasteiger partial charge is 0.294 e. The number of thiophene rings is 1. The zero-order valence-electron chi connectivity index (χ0n) is 17.0. The number of likely N-dealkylation sites (N-methyl/N-ethyl adjacent to an activating group) is 2. The van der Waals surface area contributed by atoms with E-state index in [1.807, 2.05) is 0 Å². The Kier molecular flexibility index (Phi) is 6.57. The van der Waals surface area contributed by atoms with Gasteiger partial charge in [-0.15, -0.1) is 21.5 Å². The Morgan fingerprint density at radius 2 is 2.00 bits per heavy atom. The van der Waals surface area contributed by atoms with Crippen molar-refractivity contribution < 1.29 is 31.6 Å². The average molecular weight is 505 g/mol. The van der Waals surface area contributed by atoms with E-state index in [1.54, 1.807) is 6.92 Å². The molecule has 32 heavy (non-hydrogen) atoms. The standard InChI is InChI=1S/C17H20N4O8S3/c1-3-20(16(22)12-6-4-11(5-7-12)10-29-21(23)24)14-9-19(2)32(27,28)17-13(14)8-15(30-17)31(18,25)26/h4-8,14H,3,9-10H2,1-2H3,(H2,18,25,26)/t14-/m0/s1. The van der Waals surface area contributed by atoms with Crippen LogP contribution in [0.4, 0.5) is 0 Å². The molecule has 1 aliphatic heterocycles. The maximum Gasteiger partial charge on any atom is 0.294 e. The summed E-state index contributed by atoms with van der Waals surface area (Å²) in [7, 11) is -6.70. The molecular formula is C17H20N4O8S3. The predicted molar refractivity (Wildman–Crippen MR) is 113 cm³/mol. The van der Waals surface area contributed by atoms with Gasteiger partial charge in [-0.25, -0.2) is 22.0 Å². The summed E-state index contributed by atoms with van der Waals surface area (Å²) in [6, 6.07) is 6.46. The summed E-state index contributed by atoms with van der Waals surface area (Å²) in [5.41, 5.74) is 0.960. The van der Waals surface area contributed by atoms with Crippen molar-refractivity contribution >= 4 is 37.3 Å². The van der Waals surface area contributed by atoms with Crippen LogP contribution in [0.5, 0.6) is 0 Å². The van der Waals surface area contributed by atoms with Crippen LogP contribution in [-0.4, -0.2) is 57.2 Å². The lowest BCUT2D eigenvalue weighted by Gasteiger charge is -2.37. The fourth-order valence-electron chi connectivity index (χ4n) is 3.33. The molecule has 1 aromatic carbocycles. The molecule has 12 nitrogen and oxygen atoms in total. The maximum atomic E-state index is 13.2. The number of fused-ring (bicyclic) bond motifs is 1. The first kappa shape index (κ1) is 24.1. The van der Waals surface area contributed by atoms with Crippen LogP contribution in [0.15, 0.2) is 38.8 Å². The fourth-order valence-corrected chi connectivity index (χ4v) is 7.36. The molecule has 2 aromatic rings. The van der Waals surface area contributed by atoms with Crippen LogP contribution in [0, 0.1) is 10.1 Å². The molecule has 0 spiro atoms. The number of sulfonamides is 2. The summed E-state index contributed by atoms with van der Waals surface area (Å²) in [5.74, 6) is -0.416. The number of benzene rings is 1. The van der Waals surface area contributed by atoms with E-state index in [2.05, 4.69) is 4.84 Å². The fraction of sp³-hybridized carbons (Fsp3) is 0.353. The van der Waals surface area contributed by atoms with Crippen molar-refractivity contribution in [2.75, 3.05) is 20.1 Å². The quantitative estimate of drug-likeness (QED) is 0.429. The highest BCUT2D eigenvalue weighted by Gasteiger charge is 2.41. The number of carbonyl (C=O) groups is 1. The van der Waals surface area contributed by atoms with E-state index in [4.69, 9.17) is 5.14 Å². The van der Waals surface area contributed by atoms with Gasteiger partial charge in [0.25, 0.3) is 21.0 Å². The van der Waals surface area contributed by atoms with Gasteiger partial charge in [0.05, 0.1) is 6.04 Å². The molecule has 1 atom stereocenters. The number of hydrogen-bond donors (Lipinski definition) is 1. The summed E-state index contributed by atoms with van der Waals surface area (Å²) >= 11 is 0.552. The van der Waals surface area contributed by atoms with Crippen LogP contribution in [-0.2, 0) is 31.5 Å². The van der Waals surface area contributed by atoms with E-state index in [0.29, 0.717) is 16.9 Å². The lowest BCUT2D eigenvalue weighted by molar-refractivity contribution is -0.763. The van der Waals surface area contributed by atoms with Gasteiger partial charge in [0.1, 0.15) is 15.0 Å². The molecule has 2 N–H and O–H groups in total. The average Bonchev–Trinajstić information content (AvgIpc) is 3.18. The molecule has 2 heterocycles. The van der Waals surface area contributed by atoms with E-state index < -0.39 is 37.1 Å². The van der Waals surface area contributed by atoms with Crippen LogP contribution in [0.1, 0.15) is 34.5 Å². The number of hydrogen-bond acceptors (Lipinski definition) is 9. The number of carbonyl (C=O) groups excluding carboxylic acids is 1. The zero-order chi connectivity index (χ0) is 23.8. The van der Waals surface area contributed by atoms with E-state index in [9.17, 15) is 31.7 Å². The number of nitrogens with two attached hydrogens (primary N) is 1. The lowest BCUT2D eigenvalue weighted by Crippen LogP contribution is -2.45. The van der Waals surface area contributed by atoms with Crippen molar-refractivity contribution in [1.82, 2.24) is 9.21 Å². The first-order chi connectivity index (χ1) is 14.9. The van der Waals surface area contributed by atoms with Gasteiger partial charge in [0.2, 0.25) is 10.0 Å². The first-order valence-corrected chi connectivity index (χ1v) is 13.0. The Hall–Kier alpha value is -2.59. The molecule has 1 amide bonds. The molecule has 3 rings (SSSR count). The molecule has 0 aliphatic carbocycles. The largest absolute Gasteiger partial charge is 0.330 e. The second-order valence-corrected chi connectivity index (χ2v) is 12.0. The number of rotatable bonds is 7. The minimum absolute atomic E-state index is 0.0650. The van der Waals surface area contributed by atoms with E-state index in [1.165, 1.54) is 42.3 Å². The SMILES string of the molecule is CCN(C(=O)c1ccc(CO[N+](=O)[O-])cc1)[C@H]1CN(C)S(=O)(=O)c2sc(S(N)(=O)=O)cc21. The first-order valence-electron chi connectivity index (χ1n) is 9.16. The number of primary sulfonamides is 1. The van der Waals surface area contributed by atoms with E-state index in [-0.39, 0.29) is 39.2 Å². The van der Waals surface area contributed by atoms with Gasteiger partial charge in [-0.2, -0.15) is 4.31 Å². The maximum absolute atomic E-state index is 13.2. The summed E-state index contributed by atoms with van der Waals surface area (Å²) < 4.78 is 49.7. The zero-order valence-corrected chi connectivity index (χ0v) is 19.4. The van der Waals surface area contributed by atoms with Gasteiger partial charge < -0.3 is 9.74 Å². The van der Waals surface area contributed by atoms with Crippen molar-refractivity contribution in [1.29, 1.82) is 0 Å². The Morgan fingerprint density at radius 3 is 2.53 bits per heavy atom. The molecule has 0 fully saturated rings. The van der Waals surface area contributed by atoms with E-state index >= 15 is 0 Å². The topological polar surface area (TPSA) is 170 Å². The normalized spacial score (nSPS) is 18.0. The molecule has 0 unspecified atom stereocenters. The van der Waals surface area contributed by atoms with Crippen LogP contribution in [0.2, 0.25) is 0 Å². The third-order valence-electron chi connectivity index (χ3n) is 4.93. The molecule has 1 aromatic heterocycles. The highest BCUT2D eigenvalue weighted by Crippen LogP contribution is 2.41. The third-order valence-corrected chi connectivity index (χ3v) is 9.85. The Bertz CT molecular complexity index is 1260. The Labute approximate surface area is 188 Å². The van der Waals surface area contributed by atoms with Gasteiger partial charge in [-0.05, 0) is 30.7 Å².